The highest BCUT2D eigenvalue weighted by Crippen LogP contribution is 2.56. The number of anilines is 3. The molecule has 0 amide bonds. The predicted octanol–water partition coefficient (Wildman–Crippen LogP) is 8.09. The molecule has 0 bridgehead atoms. The minimum absolute atomic E-state index is 0.464. The third-order valence-electron chi connectivity index (χ3n) is 7.84. The van der Waals surface area contributed by atoms with Gasteiger partial charge in [-0.25, -0.2) is 4.99 Å². The monoisotopic (exact) mass is 548 g/mol. The minimum atomic E-state index is -0.464. The molecule has 5 rings (SSSR count). The molecule has 0 atom stereocenters. The lowest BCUT2D eigenvalue weighted by Crippen LogP contribution is -2.30. The SMILES string of the molecule is CCN(CC)c1ccc2c(c1)N=C(c1ccc(C)cc1)SC2(c1ccc(N(C)C)cc1)c1ccc(N(C)C)cc1. The van der Waals surface area contributed by atoms with Gasteiger partial charge in [0.2, 0.25) is 0 Å². The molecule has 0 radical (unpaired) electrons. The summed E-state index contributed by atoms with van der Waals surface area (Å²) < 4.78 is -0.464. The molecule has 0 unspecified atom stereocenters. The summed E-state index contributed by atoms with van der Waals surface area (Å²) in [5, 5.41) is 1.04. The highest BCUT2D eigenvalue weighted by Gasteiger charge is 2.43. The molecule has 1 aliphatic rings. The van der Waals surface area contributed by atoms with Crippen LogP contribution < -0.4 is 14.7 Å². The maximum Gasteiger partial charge on any atom is 0.105 e. The number of nitrogens with zero attached hydrogens (tertiary/aromatic N) is 4. The van der Waals surface area contributed by atoms with Gasteiger partial charge in [0.15, 0.2) is 0 Å². The topological polar surface area (TPSA) is 22.1 Å². The van der Waals surface area contributed by atoms with E-state index in [4.69, 9.17) is 4.99 Å². The van der Waals surface area contributed by atoms with Crippen LogP contribution in [0.5, 0.6) is 0 Å². The number of aliphatic imine (C=N–C) groups is 1. The van der Waals surface area contributed by atoms with Crippen molar-refractivity contribution in [1.82, 2.24) is 0 Å². The fraction of sp³-hybridized carbons (Fsp3) is 0.286. The van der Waals surface area contributed by atoms with Crippen molar-refractivity contribution in [1.29, 1.82) is 0 Å². The number of fused-ring (bicyclic) bond motifs is 1. The summed E-state index contributed by atoms with van der Waals surface area (Å²) >= 11 is 1.85. The highest BCUT2D eigenvalue weighted by atomic mass is 32.2. The molecule has 4 aromatic carbocycles. The van der Waals surface area contributed by atoms with Gasteiger partial charge in [-0.2, -0.15) is 0 Å². The standard InChI is InChI=1S/C35H40N4S/c1-8-39(9-2)31-22-23-32-33(24-31)36-34(26-12-10-25(3)11-13-26)40-35(32,27-14-18-29(19-15-27)37(4)5)28-16-20-30(21-17-28)38(6)7/h10-24H,8-9H2,1-7H3. The molecule has 0 spiro atoms. The van der Waals surface area contributed by atoms with Crippen LogP contribution >= 0.6 is 11.8 Å². The lowest BCUT2D eigenvalue weighted by Gasteiger charge is -2.39. The molecule has 0 saturated heterocycles. The summed E-state index contributed by atoms with van der Waals surface area (Å²) in [6, 6.07) is 33.7. The molecule has 0 fully saturated rings. The first-order valence-corrected chi connectivity index (χ1v) is 14.9. The summed E-state index contributed by atoms with van der Waals surface area (Å²) in [5.41, 5.74) is 10.7. The first kappa shape index (κ1) is 27.9. The third-order valence-corrected chi connectivity index (χ3v) is 9.36. The maximum atomic E-state index is 5.33. The number of hydrogen-bond acceptors (Lipinski definition) is 5. The second-order valence-electron chi connectivity index (χ2n) is 10.8. The van der Waals surface area contributed by atoms with Gasteiger partial charge in [-0.15, -0.1) is 0 Å². The summed E-state index contributed by atoms with van der Waals surface area (Å²) in [4.78, 5) is 12.0. The van der Waals surface area contributed by atoms with Crippen molar-refractivity contribution < 1.29 is 0 Å². The Hall–Kier alpha value is -3.70. The van der Waals surface area contributed by atoms with Crippen molar-refractivity contribution in [2.45, 2.75) is 25.5 Å². The lowest BCUT2D eigenvalue weighted by atomic mass is 9.82. The summed E-state index contributed by atoms with van der Waals surface area (Å²) in [6.07, 6.45) is 0. The first-order valence-electron chi connectivity index (χ1n) is 14.1. The Morgan fingerprint density at radius 3 is 1.62 bits per heavy atom. The zero-order chi connectivity index (χ0) is 28.4. The van der Waals surface area contributed by atoms with E-state index in [1.807, 2.05) is 11.8 Å². The average molecular weight is 549 g/mol. The highest BCUT2D eigenvalue weighted by molar-refractivity contribution is 8.15. The van der Waals surface area contributed by atoms with E-state index in [1.54, 1.807) is 0 Å². The van der Waals surface area contributed by atoms with Crippen molar-refractivity contribution in [3.05, 3.63) is 119 Å². The van der Waals surface area contributed by atoms with Gasteiger partial charge >= 0.3 is 0 Å². The van der Waals surface area contributed by atoms with Gasteiger partial charge in [0.1, 0.15) is 5.04 Å². The van der Waals surface area contributed by atoms with E-state index in [1.165, 1.54) is 39.3 Å². The van der Waals surface area contributed by atoms with Gasteiger partial charge in [0.25, 0.3) is 0 Å². The molecule has 4 aromatic rings. The Morgan fingerprint density at radius 2 is 1.15 bits per heavy atom. The molecule has 1 aliphatic heterocycles. The van der Waals surface area contributed by atoms with E-state index < -0.39 is 4.75 Å². The van der Waals surface area contributed by atoms with Crippen molar-refractivity contribution in [3.8, 4) is 0 Å². The van der Waals surface area contributed by atoms with Crippen molar-refractivity contribution in [2.24, 2.45) is 4.99 Å². The van der Waals surface area contributed by atoms with Gasteiger partial charge in [-0.1, -0.05) is 71.9 Å². The number of benzene rings is 4. The molecule has 0 N–H and O–H groups in total. The van der Waals surface area contributed by atoms with Crippen LogP contribution in [0.15, 0.2) is 96.0 Å². The Balaban J connectivity index is 1.80. The molecular weight excluding hydrogens is 508 g/mol. The van der Waals surface area contributed by atoms with E-state index >= 15 is 0 Å². The minimum Gasteiger partial charge on any atom is -0.378 e. The van der Waals surface area contributed by atoms with Crippen LogP contribution in [0, 0.1) is 6.92 Å². The number of hydrogen-bond donors (Lipinski definition) is 0. The number of rotatable bonds is 8. The van der Waals surface area contributed by atoms with Crippen molar-refractivity contribution in [2.75, 3.05) is 56.0 Å². The van der Waals surface area contributed by atoms with Gasteiger partial charge in [-0.3, -0.25) is 0 Å². The smallest absolute Gasteiger partial charge is 0.105 e. The first-order chi connectivity index (χ1) is 19.3. The van der Waals surface area contributed by atoms with Crippen LogP contribution in [-0.2, 0) is 4.75 Å². The van der Waals surface area contributed by atoms with Crippen molar-refractivity contribution >= 4 is 39.6 Å². The Labute approximate surface area is 244 Å². The Kier molecular flexibility index (Phi) is 7.95. The Bertz CT molecular complexity index is 1430. The fourth-order valence-corrected chi connectivity index (χ4v) is 6.91. The molecule has 1 heterocycles. The molecule has 0 aliphatic carbocycles. The molecule has 0 saturated carbocycles. The molecule has 4 nitrogen and oxygen atoms in total. The van der Waals surface area contributed by atoms with Gasteiger partial charge in [-0.05, 0) is 68.3 Å². The quantitative estimate of drug-likeness (QED) is 0.222. The lowest BCUT2D eigenvalue weighted by molar-refractivity contribution is 0.860. The Morgan fingerprint density at radius 1 is 0.650 bits per heavy atom. The molecule has 0 aromatic heterocycles. The zero-order valence-electron chi connectivity index (χ0n) is 24.8. The third kappa shape index (κ3) is 5.11. The van der Waals surface area contributed by atoms with E-state index in [0.717, 1.165) is 29.4 Å². The van der Waals surface area contributed by atoms with E-state index in [2.05, 4.69) is 155 Å². The van der Waals surface area contributed by atoms with Crippen LogP contribution in [-0.4, -0.2) is 46.3 Å². The van der Waals surface area contributed by atoms with Gasteiger partial charge in [0, 0.05) is 69.5 Å². The average Bonchev–Trinajstić information content (AvgIpc) is 2.97. The largest absolute Gasteiger partial charge is 0.378 e. The summed E-state index contributed by atoms with van der Waals surface area (Å²) in [7, 11) is 8.36. The van der Waals surface area contributed by atoms with E-state index in [9.17, 15) is 0 Å². The van der Waals surface area contributed by atoms with Crippen LogP contribution in [0.3, 0.4) is 0 Å². The van der Waals surface area contributed by atoms with Gasteiger partial charge in [0.05, 0.1) is 10.4 Å². The van der Waals surface area contributed by atoms with Crippen LogP contribution in [0.25, 0.3) is 0 Å². The molecule has 5 heteroatoms. The molecular formula is C35H40N4S. The van der Waals surface area contributed by atoms with E-state index in [0.29, 0.717) is 0 Å². The van der Waals surface area contributed by atoms with Crippen LogP contribution in [0.2, 0.25) is 0 Å². The second-order valence-corrected chi connectivity index (χ2v) is 12.0. The normalized spacial score (nSPS) is 13.8. The predicted molar refractivity (Wildman–Crippen MR) is 176 cm³/mol. The summed E-state index contributed by atoms with van der Waals surface area (Å²) in [5.74, 6) is 0. The molecule has 206 valence electrons. The summed E-state index contributed by atoms with van der Waals surface area (Å²) in [6.45, 7) is 8.48. The molecule has 40 heavy (non-hydrogen) atoms. The number of aryl methyl sites for hydroxylation is 1. The van der Waals surface area contributed by atoms with Crippen LogP contribution in [0.4, 0.5) is 22.7 Å². The fourth-order valence-electron chi connectivity index (χ4n) is 5.43. The zero-order valence-corrected chi connectivity index (χ0v) is 25.6. The van der Waals surface area contributed by atoms with Crippen LogP contribution in [0.1, 0.15) is 41.7 Å². The van der Waals surface area contributed by atoms with E-state index in [-0.39, 0.29) is 0 Å². The second kappa shape index (κ2) is 11.4. The van der Waals surface area contributed by atoms with Gasteiger partial charge < -0.3 is 14.7 Å². The van der Waals surface area contributed by atoms with Crippen molar-refractivity contribution in [3.63, 3.8) is 0 Å². The maximum absolute atomic E-state index is 5.33. The number of thioether (sulfide) groups is 1.